The van der Waals surface area contributed by atoms with Gasteiger partial charge in [-0.05, 0) is 19.4 Å². The summed E-state index contributed by atoms with van der Waals surface area (Å²) in [5.41, 5.74) is 7.09. The standard InChI is InChI=1S/C13H21NO2/c1-3-12(14)11-7-5-6-8-13(11)16-10-9-15-4-2/h5-8,12H,3-4,9-10,14H2,1-2H3. The third-order valence-electron chi connectivity index (χ3n) is 2.45. The Balaban J connectivity index is 2.57. The van der Waals surface area contributed by atoms with Gasteiger partial charge in [-0.1, -0.05) is 25.1 Å². The van der Waals surface area contributed by atoms with Crippen molar-refractivity contribution in [1.82, 2.24) is 0 Å². The molecule has 3 heteroatoms. The van der Waals surface area contributed by atoms with Crippen molar-refractivity contribution >= 4 is 0 Å². The molecule has 0 heterocycles. The van der Waals surface area contributed by atoms with Crippen molar-refractivity contribution in [1.29, 1.82) is 0 Å². The van der Waals surface area contributed by atoms with Crippen molar-refractivity contribution < 1.29 is 9.47 Å². The Hall–Kier alpha value is -1.06. The maximum absolute atomic E-state index is 6.01. The van der Waals surface area contributed by atoms with Gasteiger partial charge in [0.2, 0.25) is 0 Å². The van der Waals surface area contributed by atoms with E-state index in [0.717, 1.165) is 24.3 Å². The first-order valence-corrected chi connectivity index (χ1v) is 5.84. The minimum absolute atomic E-state index is 0.0447. The van der Waals surface area contributed by atoms with Gasteiger partial charge in [-0.3, -0.25) is 0 Å². The molecule has 16 heavy (non-hydrogen) atoms. The molecule has 1 atom stereocenters. The molecule has 0 radical (unpaired) electrons. The quantitative estimate of drug-likeness (QED) is 0.722. The number of hydrogen-bond acceptors (Lipinski definition) is 3. The summed E-state index contributed by atoms with van der Waals surface area (Å²) in [4.78, 5) is 0. The Bertz CT molecular complexity index is 302. The van der Waals surface area contributed by atoms with Crippen LogP contribution in [0.5, 0.6) is 5.75 Å². The van der Waals surface area contributed by atoms with Crippen LogP contribution in [0.1, 0.15) is 31.9 Å². The lowest BCUT2D eigenvalue weighted by molar-refractivity contribution is 0.109. The van der Waals surface area contributed by atoms with Gasteiger partial charge in [0.15, 0.2) is 0 Å². The third kappa shape index (κ3) is 3.83. The van der Waals surface area contributed by atoms with Crippen LogP contribution in [0.3, 0.4) is 0 Å². The maximum atomic E-state index is 6.01. The van der Waals surface area contributed by atoms with Gasteiger partial charge in [0.05, 0.1) is 6.61 Å². The molecule has 1 unspecified atom stereocenters. The number of rotatable bonds is 7. The van der Waals surface area contributed by atoms with E-state index in [0.29, 0.717) is 13.2 Å². The minimum Gasteiger partial charge on any atom is -0.491 e. The molecule has 1 aromatic carbocycles. The van der Waals surface area contributed by atoms with Gasteiger partial charge in [0.1, 0.15) is 12.4 Å². The fraction of sp³-hybridized carbons (Fsp3) is 0.538. The molecule has 0 aliphatic rings. The summed E-state index contributed by atoms with van der Waals surface area (Å²) in [6, 6.07) is 7.96. The highest BCUT2D eigenvalue weighted by Crippen LogP contribution is 2.25. The molecular weight excluding hydrogens is 202 g/mol. The molecular formula is C13H21NO2. The lowest BCUT2D eigenvalue weighted by Crippen LogP contribution is -2.13. The number of hydrogen-bond donors (Lipinski definition) is 1. The van der Waals surface area contributed by atoms with E-state index in [2.05, 4.69) is 6.92 Å². The van der Waals surface area contributed by atoms with Gasteiger partial charge >= 0.3 is 0 Å². The molecule has 0 fully saturated rings. The van der Waals surface area contributed by atoms with Crippen LogP contribution < -0.4 is 10.5 Å². The molecule has 0 bridgehead atoms. The Morgan fingerprint density at radius 1 is 1.19 bits per heavy atom. The summed E-state index contributed by atoms with van der Waals surface area (Å²) in [7, 11) is 0. The lowest BCUT2D eigenvalue weighted by Gasteiger charge is -2.15. The summed E-state index contributed by atoms with van der Waals surface area (Å²) < 4.78 is 10.9. The van der Waals surface area contributed by atoms with Crippen LogP contribution in [0.15, 0.2) is 24.3 Å². The van der Waals surface area contributed by atoms with Crippen molar-refractivity contribution in [3.8, 4) is 5.75 Å². The fourth-order valence-electron chi connectivity index (χ4n) is 1.49. The topological polar surface area (TPSA) is 44.5 Å². The second-order valence-electron chi connectivity index (χ2n) is 3.60. The highest BCUT2D eigenvalue weighted by atomic mass is 16.5. The van der Waals surface area contributed by atoms with Crippen molar-refractivity contribution in [3.63, 3.8) is 0 Å². The minimum atomic E-state index is 0.0447. The first kappa shape index (κ1) is 13.0. The van der Waals surface area contributed by atoms with Crippen molar-refractivity contribution in [2.24, 2.45) is 5.73 Å². The second kappa shape index (κ2) is 7.25. The van der Waals surface area contributed by atoms with Crippen LogP contribution in [-0.2, 0) is 4.74 Å². The average Bonchev–Trinajstić information content (AvgIpc) is 2.34. The van der Waals surface area contributed by atoms with Gasteiger partial charge in [-0.2, -0.15) is 0 Å². The zero-order valence-corrected chi connectivity index (χ0v) is 10.1. The van der Waals surface area contributed by atoms with Crippen LogP contribution in [0.25, 0.3) is 0 Å². The predicted molar refractivity (Wildman–Crippen MR) is 65.6 cm³/mol. The number of para-hydroxylation sites is 1. The largest absolute Gasteiger partial charge is 0.491 e. The molecule has 0 saturated carbocycles. The van der Waals surface area contributed by atoms with E-state index in [1.807, 2.05) is 31.2 Å². The highest BCUT2D eigenvalue weighted by Gasteiger charge is 2.09. The molecule has 0 amide bonds. The third-order valence-corrected chi connectivity index (χ3v) is 2.45. The molecule has 90 valence electrons. The van der Waals surface area contributed by atoms with Gasteiger partial charge < -0.3 is 15.2 Å². The Kier molecular flexibility index (Phi) is 5.90. The van der Waals surface area contributed by atoms with E-state index in [-0.39, 0.29) is 6.04 Å². The smallest absolute Gasteiger partial charge is 0.124 e. The predicted octanol–water partition coefficient (Wildman–Crippen LogP) is 2.51. The van der Waals surface area contributed by atoms with Gasteiger partial charge in [-0.25, -0.2) is 0 Å². The van der Waals surface area contributed by atoms with Crippen molar-refractivity contribution in [2.45, 2.75) is 26.3 Å². The molecule has 0 aliphatic heterocycles. The molecule has 0 aliphatic carbocycles. The summed E-state index contributed by atoms with van der Waals surface area (Å²) in [5, 5.41) is 0. The summed E-state index contributed by atoms with van der Waals surface area (Å²) >= 11 is 0. The molecule has 2 N–H and O–H groups in total. The number of benzene rings is 1. The Labute approximate surface area is 97.6 Å². The first-order chi connectivity index (χ1) is 7.79. The highest BCUT2D eigenvalue weighted by molar-refractivity contribution is 5.35. The fourth-order valence-corrected chi connectivity index (χ4v) is 1.49. The molecule has 1 rings (SSSR count). The zero-order chi connectivity index (χ0) is 11.8. The molecule has 1 aromatic rings. The van der Waals surface area contributed by atoms with Crippen molar-refractivity contribution in [2.75, 3.05) is 19.8 Å². The normalized spacial score (nSPS) is 12.4. The maximum Gasteiger partial charge on any atom is 0.124 e. The van der Waals surface area contributed by atoms with E-state index < -0.39 is 0 Å². The molecule has 3 nitrogen and oxygen atoms in total. The van der Waals surface area contributed by atoms with E-state index in [4.69, 9.17) is 15.2 Å². The lowest BCUT2D eigenvalue weighted by atomic mass is 10.0. The number of ether oxygens (including phenoxy) is 2. The van der Waals surface area contributed by atoms with Crippen LogP contribution in [0.2, 0.25) is 0 Å². The van der Waals surface area contributed by atoms with Crippen LogP contribution in [0, 0.1) is 0 Å². The van der Waals surface area contributed by atoms with E-state index in [1.165, 1.54) is 0 Å². The summed E-state index contributed by atoms with van der Waals surface area (Å²) in [6.45, 7) is 5.95. The van der Waals surface area contributed by atoms with Crippen LogP contribution >= 0.6 is 0 Å². The van der Waals surface area contributed by atoms with E-state index in [1.54, 1.807) is 0 Å². The monoisotopic (exact) mass is 223 g/mol. The van der Waals surface area contributed by atoms with Gasteiger partial charge in [0, 0.05) is 18.2 Å². The molecule has 0 aromatic heterocycles. The second-order valence-corrected chi connectivity index (χ2v) is 3.60. The van der Waals surface area contributed by atoms with Gasteiger partial charge in [0.25, 0.3) is 0 Å². The number of nitrogens with two attached hydrogens (primary N) is 1. The average molecular weight is 223 g/mol. The van der Waals surface area contributed by atoms with E-state index >= 15 is 0 Å². The molecule has 0 saturated heterocycles. The van der Waals surface area contributed by atoms with Crippen molar-refractivity contribution in [3.05, 3.63) is 29.8 Å². The van der Waals surface area contributed by atoms with Crippen LogP contribution in [0.4, 0.5) is 0 Å². The first-order valence-electron chi connectivity index (χ1n) is 5.84. The van der Waals surface area contributed by atoms with E-state index in [9.17, 15) is 0 Å². The SMILES string of the molecule is CCOCCOc1ccccc1C(N)CC. The van der Waals surface area contributed by atoms with Gasteiger partial charge in [-0.15, -0.1) is 0 Å². The van der Waals surface area contributed by atoms with Crippen LogP contribution in [-0.4, -0.2) is 19.8 Å². The Morgan fingerprint density at radius 3 is 2.62 bits per heavy atom. The Morgan fingerprint density at radius 2 is 1.94 bits per heavy atom. The zero-order valence-electron chi connectivity index (χ0n) is 10.1. The molecule has 0 spiro atoms. The summed E-state index contributed by atoms with van der Waals surface area (Å²) in [6.07, 6.45) is 0.909. The summed E-state index contributed by atoms with van der Waals surface area (Å²) in [5.74, 6) is 0.872.